The molecule has 0 unspecified atom stereocenters. The molecule has 9 nitrogen and oxygen atoms in total. The first-order valence-corrected chi connectivity index (χ1v) is 7.93. The van der Waals surface area contributed by atoms with E-state index in [-0.39, 0.29) is 12.1 Å². The molecule has 4 rings (SSSR count). The van der Waals surface area contributed by atoms with Gasteiger partial charge < -0.3 is 26.4 Å². The van der Waals surface area contributed by atoms with Gasteiger partial charge in [0.2, 0.25) is 11.9 Å². The third-order valence-corrected chi connectivity index (χ3v) is 4.33. The van der Waals surface area contributed by atoms with Crippen LogP contribution in [0.1, 0.15) is 17.2 Å². The van der Waals surface area contributed by atoms with Crippen LogP contribution in [-0.4, -0.2) is 63.3 Å². The molecule has 0 aliphatic carbocycles. The highest BCUT2D eigenvalue weighted by Gasteiger charge is 2.26. The molecule has 5 N–H and O–H groups in total. The highest BCUT2D eigenvalue weighted by molar-refractivity contribution is 5.38. The molecule has 2 aliphatic rings. The van der Waals surface area contributed by atoms with Gasteiger partial charge in [-0.15, -0.1) is 0 Å². The zero-order chi connectivity index (χ0) is 16.7. The van der Waals surface area contributed by atoms with Gasteiger partial charge in [-0.3, -0.25) is 0 Å². The van der Waals surface area contributed by atoms with E-state index < -0.39 is 6.10 Å². The average molecular weight is 328 g/mol. The second-order valence-corrected chi connectivity index (χ2v) is 6.37. The van der Waals surface area contributed by atoms with Gasteiger partial charge in [-0.25, -0.2) is 19.9 Å². The van der Waals surface area contributed by atoms with E-state index in [1.54, 1.807) is 24.8 Å². The molecule has 0 bridgehead atoms. The van der Waals surface area contributed by atoms with Gasteiger partial charge in [0.1, 0.15) is 6.10 Å². The molecule has 4 heterocycles. The number of nitrogens with zero attached hydrogens (tertiary/aromatic N) is 6. The van der Waals surface area contributed by atoms with Crippen LogP contribution in [0.15, 0.2) is 24.8 Å². The Hall–Kier alpha value is -2.36. The predicted molar refractivity (Wildman–Crippen MR) is 88.5 cm³/mol. The maximum Gasteiger partial charge on any atom is 0.225 e. The minimum atomic E-state index is -0.856. The molecule has 126 valence electrons. The van der Waals surface area contributed by atoms with Crippen molar-refractivity contribution in [1.82, 2.24) is 19.9 Å². The quantitative estimate of drug-likeness (QED) is 0.623. The highest BCUT2D eigenvalue weighted by atomic mass is 16.3. The van der Waals surface area contributed by atoms with Gasteiger partial charge in [0.25, 0.3) is 0 Å². The van der Waals surface area contributed by atoms with Crippen LogP contribution in [0.25, 0.3) is 0 Å². The van der Waals surface area contributed by atoms with Crippen LogP contribution in [0.2, 0.25) is 0 Å². The lowest BCUT2D eigenvalue weighted by atomic mass is 10.1. The summed E-state index contributed by atoms with van der Waals surface area (Å²) < 4.78 is 0. The van der Waals surface area contributed by atoms with Crippen LogP contribution in [0.5, 0.6) is 0 Å². The molecular formula is C15H20N8O. The van der Waals surface area contributed by atoms with Gasteiger partial charge in [-0.05, 0) is 0 Å². The number of aromatic nitrogens is 4. The Bertz CT molecular complexity index is 633. The molecule has 9 heteroatoms. The number of aliphatic hydroxyl groups is 1. The molecule has 0 aromatic carbocycles. The normalized spacial score (nSPS) is 18.7. The van der Waals surface area contributed by atoms with Crippen molar-refractivity contribution < 1.29 is 5.11 Å². The molecule has 2 fully saturated rings. The molecule has 2 saturated heterocycles. The Morgan fingerprint density at radius 1 is 0.792 bits per heavy atom. The SMILES string of the molecule is NC1CN(c2ncc(C(O)c3cnc(N4CC(N)C4)nc3)cn2)C1. The molecule has 24 heavy (non-hydrogen) atoms. The lowest BCUT2D eigenvalue weighted by Gasteiger charge is -2.36. The Labute approximate surface area is 139 Å². The number of hydrogen-bond acceptors (Lipinski definition) is 9. The maximum atomic E-state index is 10.5. The van der Waals surface area contributed by atoms with Crippen molar-refractivity contribution in [1.29, 1.82) is 0 Å². The summed E-state index contributed by atoms with van der Waals surface area (Å²) in [6, 6.07) is 0.381. The number of anilines is 2. The zero-order valence-electron chi connectivity index (χ0n) is 13.2. The summed E-state index contributed by atoms with van der Waals surface area (Å²) in [5, 5.41) is 10.5. The molecule has 0 saturated carbocycles. The lowest BCUT2D eigenvalue weighted by Crippen LogP contribution is -2.56. The fraction of sp³-hybridized carbons (Fsp3) is 0.467. The molecule has 2 aromatic heterocycles. The van der Waals surface area contributed by atoms with E-state index in [2.05, 4.69) is 19.9 Å². The van der Waals surface area contributed by atoms with Crippen molar-refractivity contribution in [3.05, 3.63) is 35.9 Å². The molecule has 0 radical (unpaired) electrons. The molecule has 2 aromatic rings. The third-order valence-electron chi connectivity index (χ3n) is 4.33. The van der Waals surface area contributed by atoms with Crippen LogP contribution in [0, 0.1) is 0 Å². The summed E-state index contributed by atoms with van der Waals surface area (Å²) in [5.41, 5.74) is 12.7. The summed E-state index contributed by atoms with van der Waals surface area (Å²) in [4.78, 5) is 21.2. The van der Waals surface area contributed by atoms with Crippen LogP contribution in [0.3, 0.4) is 0 Å². The Kier molecular flexibility index (Phi) is 3.75. The van der Waals surface area contributed by atoms with Gasteiger partial charge >= 0.3 is 0 Å². The van der Waals surface area contributed by atoms with E-state index in [1.165, 1.54) is 0 Å². The van der Waals surface area contributed by atoms with E-state index in [9.17, 15) is 5.11 Å². The zero-order valence-corrected chi connectivity index (χ0v) is 13.2. The topological polar surface area (TPSA) is 130 Å². The van der Waals surface area contributed by atoms with Crippen molar-refractivity contribution in [3.63, 3.8) is 0 Å². The number of rotatable bonds is 4. The smallest absolute Gasteiger partial charge is 0.225 e. The average Bonchev–Trinajstić information content (AvgIpc) is 2.56. The molecule has 0 amide bonds. The number of hydrogen-bond donors (Lipinski definition) is 3. The van der Waals surface area contributed by atoms with E-state index >= 15 is 0 Å². The van der Waals surface area contributed by atoms with Crippen molar-refractivity contribution in [3.8, 4) is 0 Å². The van der Waals surface area contributed by atoms with E-state index in [0.717, 1.165) is 26.2 Å². The largest absolute Gasteiger partial charge is 0.383 e. The van der Waals surface area contributed by atoms with E-state index in [4.69, 9.17) is 11.5 Å². The standard InChI is InChI=1S/C15H20N8O/c16-11-5-22(6-11)14-18-1-9(2-19-14)13(24)10-3-20-15(21-4-10)23-7-12(17)8-23/h1-4,11-13,24H,5-8,16-17H2. The molecular weight excluding hydrogens is 308 g/mol. The van der Waals surface area contributed by atoms with Gasteiger partial charge in [-0.1, -0.05) is 0 Å². The van der Waals surface area contributed by atoms with Crippen molar-refractivity contribution in [2.24, 2.45) is 11.5 Å². The van der Waals surface area contributed by atoms with Gasteiger partial charge in [0.05, 0.1) is 0 Å². The van der Waals surface area contributed by atoms with Crippen LogP contribution < -0.4 is 21.3 Å². The van der Waals surface area contributed by atoms with Gasteiger partial charge in [0, 0.05) is 74.2 Å². The first-order valence-electron chi connectivity index (χ1n) is 7.93. The maximum absolute atomic E-state index is 10.5. The van der Waals surface area contributed by atoms with E-state index in [1.807, 2.05) is 9.80 Å². The summed E-state index contributed by atoms with van der Waals surface area (Å²) >= 11 is 0. The monoisotopic (exact) mass is 328 g/mol. The third kappa shape index (κ3) is 2.77. The molecule has 0 atom stereocenters. The van der Waals surface area contributed by atoms with Gasteiger partial charge in [0.15, 0.2) is 0 Å². The van der Waals surface area contributed by atoms with Crippen molar-refractivity contribution in [2.75, 3.05) is 36.0 Å². The number of aliphatic hydroxyl groups excluding tert-OH is 1. The predicted octanol–water partition coefficient (Wildman–Crippen LogP) is -1.36. The lowest BCUT2D eigenvalue weighted by molar-refractivity contribution is 0.218. The first kappa shape index (κ1) is 15.2. The second kappa shape index (κ2) is 5.93. The second-order valence-electron chi connectivity index (χ2n) is 6.37. The summed E-state index contributed by atoms with van der Waals surface area (Å²) in [6.07, 6.45) is 5.64. The Balaban J connectivity index is 1.44. The summed E-state index contributed by atoms with van der Waals surface area (Å²) in [5.74, 6) is 1.27. The fourth-order valence-corrected chi connectivity index (χ4v) is 2.82. The molecule has 2 aliphatic heterocycles. The highest BCUT2D eigenvalue weighted by Crippen LogP contribution is 2.23. The van der Waals surface area contributed by atoms with Crippen LogP contribution in [0.4, 0.5) is 11.9 Å². The fourth-order valence-electron chi connectivity index (χ4n) is 2.82. The Morgan fingerprint density at radius 3 is 1.42 bits per heavy atom. The first-order chi connectivity index (χ1) is 11.6. The van der Waals surface area contributed by atoms with E-state index in [0.29, 0.717) is 23.0 Å². The summed E-state index contributed by atoms with van der Waals surface area (Å²) in [7, 11) is 0. The van der Waals surface area contributed by atoms with Crippen molar-refractivity contribution >= 4 is 11.9 Å². The minimum absolute atomic E-state index is 0.190. The molecule has 0 spiro atoms. The van der Waals surface area contributed by atoms with Crippen molar-refractivity contribution in [2.45, 2.75) is 18.2 Å². The number of nitrogens with two attached hydrogens (primary N) is 2. The van der Waals surface area contributed by atoms with Crippen LogP contribution >= 0.6 is 0 Å². The van der Waals surface area contributed by atoms with Crippen LogP contribution in [-0.2, 0) is 0 Å². The Morgan fingerprint density at radius 2 is 1.12 bits per heavy atom. The van der Waals surface area contributed by atoms with Gasteiger partial charge in [-0.2, -0.15) is 0 Å². The minimum Gasteiger partial charge on any atom is -0.383 e. The summed E-state index contributed by atoms with van der Waals surface area (Å²) in [6.45, 7) is 3.05.